The van der Waals surface area contributed by atoms with E-state index in [2.05, 4.69) is 40.9 Å². The van der Waals surface area contributed by atoms with E-state index in [1.807, 2.05) is 6.20 Å². The van der Waals surface area contributed by atoms with Crippen molar-refractivity contribution in [1.82, 2.24) is 14.9 Å². The SMILES string of the molecule is CCN(CCN)C(C)c1ncc2c(n1)C=CCC2. The summed E-state index contributed by atoms with van der Waals surface area (Å²) in [6.45, 7) is 6.81. The minimum Gasteiger partial charge on any atom is -0.329 e. The van der Waals surface area contributed by atoms with Crippen molar-refractivity contribution < 1.29 is 0 Å². The second-order valence-electron chi connectivity index (χ2n) is 4.67. The first-order chi connectivity index (χ1) is 8.76. The zero-order valence-corrected chi connectivity index (χ0v) is 11.3. The van der Waals surface area contributed by atoms with Gasteiger partial charge in [0.05, 0.1) is 11.7 Å². The highest BCUT2D eigenvalue weighted by Gasteiger charge is 2.17. The average molecular weight is 246 g/mol. The number of aromatic nitrogens is 2. The third-order valence-corrected chi connectivity index (χ3v) is 3.52. The molecule has 1 atom stereocenters. The van der Waals surface area contributed by atoms with Crippen molar-refractivity contribution >= 4 is 6.08 Å². The van der Waals surface area contributed by atoms with Crippen molar-refractivity contribution in [1.29, 1.82) is 0 Å². The van der Waals surface area contributed by atoms with Crippen molar-refractivity contribution in [2.24, 2.45) is 5.73 Å². The largest absolute Gasteiger partial charge is 0.329 e. The summed E-state index contributed by atoms with van der Waals surface area (Å²) in [6.07, 6.45) is 8.42. The Kier molecular flexibility index (Phi) is 4.44. The van der Waals surface area contributed by atoms with Crippen LogP contribution >= 0.6 is 0 Å². The lowest BCUT2D eigenvalue weighted by Crippen LogP contribution is -2.33. The van der Waals surface area contributed by atoms with Crippen LogP contribution in [0.4, 0.5) is 0 Å². The van der Waals surface area contributed by atoms with Gasteiger partial charge in [-0.1, -0.05) is 13.0 Å². The average Bonchev–Trinajstić information content (AvgIpc) is 2.43. The Balaban J connectivity index is 2.20. The molecule has 98 valence electrons. The Morgan fingerprint density at radius 3 is 3.06 bits per heavy atom. The molecule has 0 fully saturated rings. The van der Waals surface area contributed by atoms with Gasteiger partial charge in [0.2, 0.25) is 0 Å². The van der Waals surface area contributed by atoms with Crippen molar-refractivity contribution in [3.05, 3.63) is 29.4 Å². The van der Waals surface area contributed by atoms with Gasteiger partial charge in [-0.05, 0) is 37.9 Å². The minimum atomic E-state index is 0.221. The van der Waals surface area contributed by atoms with Crippen LogP contribution in [-0.2, 0) is 6.42 Å². The number of hydrogen-bond donors (Lipinski definition) is 1. The van der Waals surface area contributed by atoms with Crippen LogP contribution in [-0.4, -0.2) is 34.5 Å². The lowest BCUT2D eigenvalue weighted by Gasteiger charge is -2.26. The van der Waals surface area contributed by atoms with E-state index >= 15 is 0 Å². The predicted octanol–water partition coefficient (Wildman–Crippen LogP) is 1.78. The fourth-order valence-corrected chi connectivity index (χ4v) is 2.36. The van der Waals surface area contributed by atoms with Gasteiger partial charge in [0.1, 0.15) is 5.82 Å². The minimum absolute atomic E-state index is 0.221. The van der Waals surface area contributed by atoms with Crippen LogP contribution in [0.15, 0.2) is 12.3 Å². The molecule has 0 aliphatic heterocycles. The number of nitrogens with zero attached hydrogens (tertiary/aromatic N) is 3. The van der Waals surface area contributed by atoms with Gasteiger partial charge >= 0.3 is 0 Å². The molecule has 18 heavy (non-hydrogen) atoms. The van der Waals surface area contributed by atoms with Crippen LogP contribution in [0.25, 0.3) is 6.08 Å². The van der Waals surface area contributed by atoms with Gasteiger partial charge < -0.3 is 5.73 Å². The summed E-state index contributed by atoms with van der Waals surface area (Å²) in [4.78, 5) is 11.5. The molecule has 4 heteroatoms. The molecule has 0 saturated carbocycles. The highest BCUT2D eigenvalue weighted by atomic mass is 15.2. The molecular weight excluding hydrogens is 224 g/mol. The first-order valence-electron chi connectivity index (χ1n) is 6.72. The van der Waals surface area contributed by atoms with Crippen LogP contribution in [0.3, 0.4) is 0 Å². The summed E-state index contributed by atoms with van der Waals surface area (Å²) in [5.41, 5.74) is 7.98. The van der Waals surface area contributed by atoms with Crippen LogP contribution in [0.5, 0.6) is 0 Å². The van der Waals surface area contributed by atoms with Gasteiger partial charge in [-0.15, -0.1) is 0 Å². The van der Waals surface area contributed by atoms with Gasteiger partial charge in [-0.25, -0.2) is 9.97 Å². The molecule has 2 N–H and O–H groups in total. The molecule has 1 aliphatic rings. The molecule has 0 saturated heterocycles. The third kappa shape index (κ3) is 2.76. The number of hydrogen-bond acceptors (Lipinski definition) is 4. The maximum atomic E-state index is 5.64. The fourth-order valence-electron chi connectivity index (χ4n) is 2.36. The number of rotatable bonds is 5. The highest BCUT2D eigenvalue weighted by Crippen LogP contribution is 2.20. The lowest BCUT2D eigenvalue weighted by atomic mass is 10.0. The first kappa shape index (κ1) is 13.2. The predicted molar refractivity (Wildman–Crippen MR) is 74.1 cm³/mol. The normalized spacial score (nSPS) is 15.8. The first-order valence-corrected chi connectivity index (χ1v) is 6.72. The fraction of sp³-hybridized carbons (Fsp3) is 0.571. The summed E-state index contributed by atoms with van der Waals surface area (Å²) in [7, 11) is 0. The summed E-state index contributed by atoms with van der Waals surface area (Å²) in [5.74, 6) is 0.899. The highest BCUT2D eigenvalue weighted by molar-refractivity contribution is 5.51. The van der Waals surface area contributed by atoms with Crippen molar-refractivity contribution in [2.45, 2.75) is 32.7 Å². The maximum Gasteiger partial charge on any atom is 0.145 e. The molecule has 1 unspecified atom stereocenters. The van der Waals surface area contributed by atoms with Crippen LogP contribution < -0.4 is 5.73 Å². The monoisotopic (exact) mass is 246 g/mol. The van der Waals surface area contributed by atoms with Crippen LogP contribution in [0.2, 0.25) is 0 Å². The molecule has 0 amide bonds. The molecule has 2 rings (SSSR count). The van der Waals surface area contributed by atoms with Gasteiger partial charge in [0, 0.05) is 19.3 Å². The number of fused-ring (bicyclic) bond motifs is 1. The molecule has 1 heterocycles. The molecule has 1 aromatic rings. The smallest absolute Gasteiger partial charge is 0.145 e. The second-order valence-corrected chi connectivity index (χ2v) is 4.67. The summed E-state index contributed by atoms with van der Waals surface area (Å²) in [5, 5.41) is 0. The number of aryl methyl sites for hydroxylation is 1. The van der Waals surface area contributed by atoms with Crippen molar-refractivity contribution in [2.75, 3.05) is 19.6 Å². The molecule has 4 nitrogen and oxygen atoms in total. The van der Waals surface area contributed by atoms with E-state index in [0.717, 1.165) is 37.4 Å². The van der Waals surface area contributed by atoms with Gasteiger partial charge in [-0.2, -0.15) is 0 Å². The lowest BCUT2D eigenvalue weighted by molar-refractivity contribution is 0.220. The van der Waals surface area contributed by atoms with E-state index in [1.54, 1.807) is 0 Å². The standard InChI is InChI=1S/C14H22N4/c1-3-18(9-8-15)11(2)14-16-10-12-6-4-5-7-13(12)17-14/h5,7,10-11H,3-4,6,8-9,15H2,1-2H3. The molecular formula is C14H22N4. The van der Waals surface area contributed by atoms with Crippen molar-refractivity contribution in [3.63, 3.8) is 0 Å². The zero-order chi connectivity index (χ0) is 13.0. The summed E-state index contributed by atoms with van der Waals surface area (Å²) >= 11 is 0. The van der Waals surface area contributed by atoms with Crippen molar-refractivity contribution in [3.8, 4) is 0 Å². The Hall–Kier alpha value is -1.26. The van der Waals surface area contributed by atoms with E-state index in [0.29, 0.717) is 6.54 Å². The Morgan fingerprint density at radius 2 is 2.33 bits per heavy atom. The topological polar surface area (TPSA) is 55.0 Å². The zero-order valence-electron chi connectivity index (χ0n) is 11.3. The Labute approximate surface area is 109 Å². The number of likely N-dealkylation sites (N-methyl/N-ethyl adjacent to an activating group) is 1. The molecule has 0 aromatic carbocycles. The van der Waals surface area contributed by atoms with Gasteiger partial charge in [0.25, 0.3) is 0 Å². The van der Waals surface area contributed by atoms with E-state index in [-0.39, 0.29) is 6.04 Å². The van der Waals surface area contributed by atoms with Gasteiger partial charge in [-0.3, -0.25) is 4.90 Å². The maximum absolute atomic E-state index is 5.64. The Morgan fingerprint density at radius 1 is 1.50 bits per heavy atom. The molecule has 0 spiro atoms. The molecule has 0 radical (unpaired) electrons. The van der Waals surface area contributed by atoms with E-state index < -0.39 is 0 Å². The number of allylic oxidation sites excluding steroid dienone is 1. The molecule has 0 bridgehead atoms. The molecule has 1 aromatic heterocycles. The van der Waals surface area contributed by atoms with Gasteiger partial charge in [0.15, 0.2) is 0 Å². The van der Waals surface area contributed by atoms with E-state index in [9.17, 15) is 0 Å². The Bertz CT molecular complexity index is 428. The number of nitrogens with two attached hydrogens (primary N) is 1. The van der Waals surface area contributed by atoms with E-state index in [1.165, 1.54) is 5.56 Å². The summed E-state index contributed by atoms with van der Waals surface area (Å²) < 4.78 is 0. The van der Waals surface area contributed by atoms with E-state index in [4.69, 9.17) is 5.73 Å². The second kappa shape index (κ2) is 6.07. The van der Waals surface area contributed by atoms with Crippen LogP contribution in [0, 0.1) is 0 Å². The van der Waals surface area contributed by atoms with Crippen LogP contribution in [0.1, 0.15) is 43.4 Å². The quantitative estimate of drug-likeness (QED) is 0.860. The third-order valence-electron chi connectivity index (χ3n) is 3.52. The summed E-state index contributed by atoms with van der Waals surface area (Å²) in [6, 6.07) is 0.221. The molecule has 1 aliphatic carbocycles.